The lowest BCUT2D eigenvalue weighted by Crippen LogP contribution is -1.73. The van der Waals surface area contributed by atoms with Gasteiger partial charge in [-0.25, -0.2) is 0 Å². The van der Waals surface area contributed by atoms with Gasteiger partial charge in [0.25, 0.3) is 0 Å². The Bertz CT molecular complexity index is 148. The summed E-state index contributed by atoms with van der Waals surface area (Å²) in [5, 5.41) is 0. The zero-order chi connectivity index (χ0) is 8.36. The standard InChI is InChI=1S/C10H14F/c1-2-3-4-5-6-7-8-9-10-11/h7-8H,1-6H2. The highest BCUT2D eigenvalue weighted by atomic mass is 19.1. The molecule has 0 saturated heterocycles. The summed E-state index contributed by atoms with van der Waals surface area (Å²) < 4.78 is 11.2. The molecular weight excluding hydrogens is 139 g/mol. The highest BCUT2D eigenvalue weighted by molar-refractivity contribution is 5.11. The zero-order valence-corrected chi connectivity index (χ0v) is 6.78. The van der Waals surface area contributed by atoms with E-state index in [2.05, 4.69) is 12.8 Å². The fourth-order valence-corrected chi connectivity index (χ4v) is 0.789. The average molecular weight is 153 g/mol. The highest BCUT2D eigenvalue weighted by Crippen LogP contribution is 2.02. The largest absolute Gasteiger partial charge is 0.144 e. The van der Waals surface area contributed by atoms with Crippen LogP contribution in [-0.4, -0.2) is 0 Å². The predicted molar refractivity (Wildman–Crippen MR) is 46.5 cm³/mol. The average Bonchev–Trinajstić information content (AvgIpc) is 2.03. The van der Waals surface area contributed by atoms with Crippen LogP contribution in [0.3, 0.4) is 0 Å². The molecule has 0 amide bonds. The van der Waals surface area contributed by atoms with Crippen LogP contribution >= 0.6 is 0 Å². The zero-order valence-electron chi connectivity index (χ0n) is 6.78. The van der Waals surface area contributed by atoms with Gasteiger partial charge in [0.2, 0.25) is 0 Å². The lowest BCUT2D eigenvalue weighted by atomic mass is 10.1. The summed E-state index contributed by atoms with van der Waals surface area (Å²) in [5.74, 6) is 2.23. The van der Waals surface area contributed by atoms with E-state index in [0.29, 0.717) is 0 Å². The van der Waals surface area contributed by atoms with Gasteiger partial charge in [-0.2, -0.15) is 0 Å². The molecule has 61 valence electrons. The minimum Gasteiger partial charge on any atom is -0.144 e. The summed E-state index contributed by atoms with van der Waals surface area (Å²) in [6, 6.07) is 0. The number of allylic oxidation sites excluding steroid dienone is 2. The molecule has 11 heavy (non-hydrogen) atoms. The molecular formula is C10H14F. The molecule has 0 nitrogen and oxygen atoms in total. The van der Waals surface area contributed by atoms with Gasteiger partial charge in [-0.05, 0) is 24.8 Å². The third-order valence-corrected chi connectivity index (χ3v) is 1.38. The Hall–Kier alpha value is -0.770. The molecule has 0 rings (SSSR count). The maximum absolute atomic E-state index is 11.2. The van der Waals surface area contributed by atoms with Gasteiger partial charge < -0.3 is 0 Å². The highest BCUT2D eigenvalue weighted by Gasteiger charge is 1.82. The van der Waals surface area contributed by atoms with E-state index in [1.807, 2.05) is 6.08 Å². The van der Waals surface area contributed by atoms with Gasteiger partial charge in [-0.15, -0.1) is 4.39 Å². The molecule has 0 atom stereocenters. The first-order valence-electron chi connectivity index (χ1n) is 3.97. The van der Waals surface area contributed by atoms with E-state index in [9.17, 15) is 4.39 Å². The first-order valence-corrected chi connectivity index (χ1v) is 3.97. The van der Waals surface area contributed by atoms with Crippen LogP contribution in [0.25, 0.3) is 0 Å². The van der Waals surface area contributed by atoms with Crippen LogP contribution in [0, 0.1) is 19.0 Å². The van der Waals surface area contributed by atoms with E-state index in [-0.39, 0.29) is 0 Å². The van der Waals surface area contributed by atoms with Gasteiger partial charge in [-0.1, -0.05) is 32.3 Å². The molecule has 1 radical (unpaired) electrons. The molecule has 0 aliphatic carbocycles. The van der Waals surface area contributed by atoms with Crippen molar-refractivity contribution in [1.29, 1.82) is 0 Å². The molecule has 0 aromatic carbocycles. The Morgan fingerprint density at radius 2 is 2.09 bits per heavy atom. The molecule has 0 heterocycles. The number of rotatable bonds is 5. The van der Waals surface area contributed by atoms with Crippen LogP contribution in [-0.2, 0) is 0 Å². The lowest BCUT2D eigenvalue weighted by Gasteiger charge is -1.92. The molecule has 0 aliphatic heterocycles. The normalized spacial score (nSPS) is 9.64. The Balaban J connectivity index is 3.05. The third-order valence-electron chi connectivity index (χ3n) is 1.38. The van der Waals surface area contributed by atoms with Crippen molar-refractivity contribution in [3.63, 3.8) is 0 Å². The minimum absolute atomic E-state index is 0.995. The molecule has 0 aliphatic rings. The van der Waals surface area contributed by atoms with Crippen LogP contribution in [0.4, 0.5) is 4.39 Å². The van der Waals surface area contributed by atoms with Crippen molar-refractivity contribution in [1.82, 2.24) is 0 Å². The quantitative estimate of drug-likeness (QED) is 0.420. The summed E-state index contributed by atoms with van der Waals surface area (Å²) in [5.41, 5.74) is 0. The number of unbranched alkanes of at least 4 members (excludes halogenated alkanes) is 4. The number of hydrogen-bond donors (Lipinski definition) is 0. The van der Waals surface area contributed by atoms with Gasteiger partial charge in [-0.3, -0.25) is 0 Å². The third kappa shape index (κ3) is 9.23. The smallest absolute Gasteiger partial charge is 0.110 e. The summed E-state index contributed by atoms with van der Waals surface area (Å²) in [6.07, 6.45) is 10.3. The van der Waals surface area contributed by atoms with Crippen molar-refractivity contribution in [3.05, 3.63) is 19.1 Å². The minimum atomic E-state index is 0.995. The Morgan fingerprint density at radius 1 is 1.27 bits per heavy atom. The van der Waals surface area contributed by atoms with Crippen molar-refractivity contribution < 1.29 is 4.39 Å². The Kier molecular flexibility index (Phi) is 8.58. The van der Waals surface area contributed by atoms with E-state index in [4.69, 9.17) is 0 Å². The molecule has 0 saturated carbocycles. The fourth-order valence-electron chi connectivity index (χ4n) is 0.789. The molecule has 0 fully saturated rings. The fraction of sp³-hybridized carbons (Fsp3) is 0.500. The first-order chi connectivity index (χ1) is 5.41. The van der Waals surface area contributed by atoms with E-state index in [0.717, 1.165) is 19.3 Å². The van der Waals surface area contributed by atoms with Gasteiger partial charge in [0.1, 0.15) is 6.17 Å². The van der Waals surface area contributed by atoms with E-state index in [1.165, 1.54) is 19.0 Å². The molecule has 0 aromatic rings. The van der Waals surface area contributed by atoms with Crippen molar-refractivity contribution in [2.45, 2.75) is 32.1 Å². The van der Waals surface area contributed by atoms with Crippen molar-refractivity contribution in [2.75, 3.05) is 0 Å². The van der Waals surface area contributed by atoms with Gasteiger partial charge >= 0.3 is 0 Å². The molecule has 0 N–H and O–H groups in total. The SMILES string of the molecule is [CH2]CCCCCC=CC#CF. The summed E-state index contributed by atoms with van der Waals surface area (Å²) in [6.45, 7) is 3.74. The summed E-state index contributed by atoms with van der Waals surface area (Å²) in [4.78, 5) is 0. The van der Waals surface area contributed by atoms with E-state index in [1.54, 1.807) is 6.08 Å². The maximum Gasteiger partial charge on any atom is 0.110 e. The second-order valence-corrected chi connectivity index (χ2v) is 2.34. The second-order valence-electron chi connectivity index (χ2n) is 2.34. The monoisotopic (exact) mass is 153 g/mol. The van der Waals surface area contributed by atoms with Gasteiger partial charge in [0, 0.05) is 0 Å². The Morgan fingerprint density at radius 3 is 2.73 bits per heavy atom. The van der Waals surface area contributed by atoms with Crippen LogP contribution in [0.1, 0.15) is 32.1 Å². The lowest BCUT2D eigenvalue weighted by molar-refractivity contribution is 0.695. The first kappa shape index (κ1) is 10.2. The molecule has 0 unspecified atom stereocenters. The van der Waals surface area contributed by atoms with Crippen LogP contribution in [0.15, 0.2) is 12.2 Å². The maximum atomic E-state index is 11.2. The number of halogens is 1. The molecule has 0 aromatic heterocycles. The van der Waals surface area contributed by atoms with E-state index < -0.39 is 0 Å². The topological polar surface area (TPSA) is 0 Å². The van der Waals surface area contributed by atoms with E-state index >= 15 is 0 Å². The van der Waals surface area contributed by atoms with Crippen molar-refractivity contribution in [2.24, 2.45) is 0 Å². The van der Waals surface area contributed by atoms with Gasteiger partial charge in [0.15, 0.2) is 0 Å². The van der Waals surface area contributed by atoms with Crippen LogP contribution < -0.4 is 0 Å². The van der Waals surface area contributed by atoms with Gasteiger partial charge in [0.05, 0.1) is 0 Å². The second kappa shape index (κ2) is 9.23. The van der Waals surface area contributed by atoms with Crippen LogP contribution in [0.2, 0.25) is 0 Å². The summed E-state index contributed by atoms with van der Waals surface area (Å²) >= 11 is 0. The van der Waals surface area contributed by atoms with Crippen LogP contribution in [0.5, 0.6) is 0 Å². The summed E-state index contributed by atoms with van der Waals surface area (Å²) in [7, 11) is 0. The number of hydrogen-bond acceptors (Lipinski definition) is 0. The Labute approximate surface area is 68.5 Å². The predicted octanol–water partition coefficient (Wildman–Crippen LogP) is 3.26. The molecule has 0 spiro atoms. The molecule has 0 bridgehead atoms. The van der Waals surface area contributed by atoms with Crippen molar-refractivity contribution in [3.8, 4) is 12.1 Å². The van der Waals surface area contributed by atoms with Crippen molar-refractivity contribution >= 4 is 0 Å². The molecule has 1 heteroatoms.